The van der Waals surface area contributed by atoms with Crippen molar-refractivity contribution >= 4 is 33.6 Å². The summed E-state index contributed by atoms with van der Waals surface area (Å²) in [6, 6.07) is 22.4. The van der Waals surface area contributed by atoms with E-state index in [-0.39, 0.29) is 0 Å². The summed E-state index contributed by atoms with van der Waals surface area (Å²) in [5.41, 5.74) is 4.06. The summed E-state index contributed by atoms with van der Waals surface area (Å²) >= 11 is 0. The molecule has 110 valence electrons. The first-order chi connectivity index (χ1) is 11.4. The molecule has 4 aromatic rings. The van der Waals surface area contributed by atoms with Crippen molar-refractivity contribution in [2.24, 2.45) is 5.10 Å². The van der Waals surface area contributed by atoms with E-state index in [1.165, 1.54) is 10.8 Å². The largest absolute Gasteiger partial charge is 0.259 e. The second-order valence-electron chi connectivity index (χ2n) is 5.22. The van der Waals surface area contributed by atoms with Crippen LogP contribution in [0.25, 0.3) is 21.5 Å². The third-order valence-corrected chi connectivity index (χ3v) is 3.77. The minimum atomic E-state index is 0.652. The minimum Gasteiger partial charge on any atom is -0.259 e. The van der Waals surface area contributed by atoms with Crippen LogP contribution in [0.4, 0.5) is 5.82 Å². The molecule has 1 aromatic heterocycles. The van der Waals surface area contributed by atoms with Crippen molar-refractivity contribution in [2.45, 2.75) is 0 Å². The van der Waals surface area contributed by atoms with Gasteiger partial charge in [0.25, 0.3) is 0 Å². The van der Waals surface area contributed by atoms with Gasteiger partial charge < -0.3 is 0 Å². The van der Waals surface area contributed by atoms with Gasteiger partial charge in [0.05, 0.1) is 12.4 Å². The van der Waals surface area contributed by atoms with E-state index in [2.05, 4.69) is 38.9 Å². The fourth-order valence-electron chi connectivity index (χ4n) is 2.64. The number of nitrogens with zero attached hydrogens (tertiary/aromatic N) is 3. The Morgan fingerprint density at radius 1 is 0.783 bits per heavy atom. The highest BCUT2D eigenvalue weighted by Gasteiger charge is 2.01. The maximum Gasteiger partial charge on any atom is 0.176 e. The third kappa shape index (κ3) is 2.62. The van der Waals surface area contributed by atoms with E-state index in [1.807, 2.05) is 54.7 Å². The number of anilines is 1. The van der Waals surface area contributed by atoms with Crippen LogP contribution in [0.5, 0.6) is 0 Å². The van der Waals surface area contributed by atoms with Crippen LogP contribution < -0.4 is 5.43 Å². The van der Waals surface area contributed by atoms with Crippen LogP contribution in [-0.2, 0) is 0 Å². The molecule has 1 N–H and O–H groups in total. The molecule has 4 nitrogen and oxygen atoms in total. The van der Waals surface area contributed by atoms with Crippen molar-refractivity contribution in [3.8, 4) is 0 Å². The van der Waals surface area contributed by atoms with Crippen molar-refractivity contribution < 1.29 is 0 Å². The van der Waals surface area contributed by atoms with Gasteiger partial charge in [-0.25, -0.2) is 0 Å². The van der Waals surface area contributed by atoms with E-state index >= 15 is 0 Å². The quantitative estimate of drug-likeness (QED) is 0.455. The van der Waals surface area contributed by atoms with E-state index in [1.54, 1.807) is 6.20 Å². The Morgan fingerprint density at radius 2 is 1.52 bits per heavy atom. The lowest BCUT2D eigenvalue weighted by Crippen LogP contribution is -1.96. The number of nitrogens with one attached hydrogen (secondary N) is 1. The van der Waals surface area contributed by atoms with Gasteiger partial charge in [-0.3, -0.25) is 5.43 Å². The average molecular weight is 298 g/mol. The van der Waals surface area contributed by atoms with Gasteiger partial charge in [0.15, 0.2) is 5.82 Å². The van der Waals surface area contributed by atoms with Crippen LogP contribution in [0.2, 0.25) is 0 Å². The van der Waals surface area contributed by atoms with Crippen LogP contribution in [0.1, 0.15) is 5.56 Å². The molecular formula is C19H14N4. The Labute approximate surface area is 133 Å². The van der Waals surface area contributed by atoms with Gasteiger partial charge in [-0.15, -0.1) is 5.10 Å². The molecule has 4 heteroatoms. The standard InChI is InChI=1S/C19H14N4/c1-3-10-17-14(6-1)8-5-9-15(17)12-20-22-19-18-11-4-2-7-16(18)13-21-23-19/h1-13H,(H,22,23)/b20-12+. The number of benzene rings is 3. The normalized spacial score (nSPS) is 11.3. The predicted molar refractivity (Wildman–Crippen MR) is 94.7 cm³/mol. The Morgan fingerprint density at radius 3 is 2.43 bits per heavy atom. The topological polar surface area (TPSA) is 50.2 Å². The molecule has 0 saturated carbocycles. The molecule has 0 aliphatic heterocycles. The first kappa shape index (κ1) is 13.4. The lowest BCUT2D eigenvalue weighted by atomic mass is 10.1. The monoisotopic (exact) mass is 298 g/mol. The summed E-state index contributed by atoms with van der Waals surface area (Å²) < 4.78 is 0. The van der Waals surface area contributed by atoms with Gasteiger partial charge in [-0.05, 0) is 10.8 Å². The summed E-state index contributed by atoms with van der Waals surface area (Å²) in [5.74, 6) is 0.652. The molecular weight excluding hydrogens is 284 g/mol. The van der Waals surface area contributed by atoms with Crippen LogP contribution >= 0.6 is 0 Å². The Hall–Kier alpha value is -3.27. The average Bonchev–Trinajstić information content (AvgIpc) is 2.62. The molecule has 23 heavy (non-hydrogen) atoms. The molecule has 0 saturated heterocycles. The molecule has 0 atom stereocenters. The third-order valence-electron chi connectivity index (χ3n) is 3.77. The van der Waals surface area contributed by atoms with Gasteiger partial charge in [0.1, 0.15) is 0 Å². The number of hydrogen-bond acceptors (Lipinski definition) is 4. The van der Waals surface area contributed by atoms with Crippen molar-refractivity contribution in [1.29, 1.82) is 0 Å². The predicted octanol–water partition coefficient (Wildman–Crippen LogP) is 4.23. The molecule has 0 radical (unpaired) electrons. The number of fused-ring (bicyclic) bond motifs is 2. The van der Waals surface area contributed by atoms with Crippen molar-refractivity contribution in [3.63, 3.8) is 0 Å². The Kier molecular flexibility index (Phi) is 3.41. The maximum absolute atomic E-state index is 4.33. The summed E-state index contributed by atoms with van der Waals surface area (Å²) in [7, 11) is 0. The first-order valence-corrected chi connectivity index (χ1v) is 7.39. The lowest BCUT2D eigenvalue weighted by Gasteiger charge is -2.04. The zero-order valence-electron chi connectivity index (χ0n) is 12.3. The van der Waals surface area contributed by atoms with E-state index in [0.29, 0.717) is 5.82 Å². The first-order valence-electron chi connectivity index (χ1n) is 7.39. The summed E-state index contributed by atoms with van der Waals surface area (Å²) in [4.78, 5) is 0. The molecule has 0 fully saturated rings. The highest BCUT2D eigenvalue weighted by Crippen LogP contribution is 2.20. The smallest absolute Gasteiger partial charge is 0.176 e. The minimum absolute atomic E-state index is 0.652. The van der Waals surface area contributed by atoms with Gasteiger partial charge in [-0.1, -0.05) is 66.7 Å². The second kappa shape index (κ2) is 5.85. The van der Waals surface area contributed by atoms with Crippen LogP contribution in [0.15, 0.2) is 78.0 Å². The van der Waals surface area contributed by atoms with Gasteiger partial charge in [0.2, 0.25) is 0 Å². The van der Waals surface area contributed by atoms with E-state index in [0.717, 1.165) is 16.3 Å². The molecule has 0 amide bonds. The molecule has 0 aliphatic rings. The van der Waals surface area contributed by atoms with E-state index in [4.69, 9.17) is 0 Å². The second-order valence-corrected chi connectivity index (χ2v) is 5.22. The van der Waals surface area contributed by atoms with E-state index < -0.39 is 0 Å². The van der Waals surface area contributed by atoms with Crippen molar-refractivity contribution in [2.75, 3.05) is 5.43 Å². The highest BCUT2D eigenvalue weighted by molar-refractivity contribution is 6.00. The maximum atomic E-state index is 4.33. The molecule has 0 spiro atoms. The molecule has 0 bridgehead atoms. The zero-order valence-corrected chi connectivity index (χ0v) is 12.3. The number of hydrazone groups is 1. The molecule has 4 rings (SSSR count). The SMILES string of the molecule is C(=N\Nc1nncc2ccccc12)/c1cccc2ccccc12. The van der Waals surface area contributed by atoms with E-state index in [9.17, 15) is 0 Å². The summed E-state index contributed by atoms with van der Waals surface area (Å²) in [5, 5.41) is 16.9. The van der Waals surface area contributed by atoms with Gasteiger partial charge >= 0.3 is 0 Å². The summed E-state index contributed by atoms with van der Waals surface area (Å²) in [6.07, 6.45) is 3.56. The van der Waals surface area contributed by atoms with Crippen LogP contribution in [0.3, 0.4) is 0 Å². The lowest BCUT2D eigenvalue weighted by molar-refractivity contribution is 1.04. The summed E-state index contributed by atoms with van der Waals surface area (Å²) in [6.45, 7) is 0. The molecule has 0 unspecified atom stereocenters. The van der Waals surface area contributed by atoms with Crippen molar-refractivity contribution in [1.82, 2.24) is 10.2 Å². The van der Waals surface area contributed by atoms with Crippen LogP contribution in [0, 0.1) is 0 Å². The Bertz CT molecular complexity index is 997. The number of rotatable bonds is 3. The fourth-order valence-corrected chi connectivity index (χ4v) is 2.64. The zero-order chi connectivity index (χ0) is 15.5. The number of hydrogen-bond donors (Lipinski definition) is 1. The van der Waals surface area contributed by atoms with Crippen molar-refractivity contribution in [3.05, 3.63) is 78.5 Å². The van der Waals surface area contributed by atoms with Gasteiger partial charge in [-0.2, -0.15) is 10.2 Å². The molecule has 3 aromatic carbocycles. The number of aromatic nitrogens is 2. The van der Waals surface area contributed by atoms with Gasteiger partial charge in [0, 0.05) is 16.3 Å². The Balaban J connectivity index is 1.66. The van der Waals surface area contributed by atoms with Crippen LogP contribution in [-0.4, -0.2) is 16.4 Å². The molecule has 1 heterocycles. The fraction of sp³-hybridized carbons (Fsp3) is 0. The molecule has 0 aliphatic carbocycles. The highest BCUT2D eigenvalue weighted by atomic mass is 15.3.